The minimum Gasteiger partial charge on any atom is -0.406 e. The molecule has 0 spiro atoms. The number of benzene rings is 1. The van der Waals surface area contributed by atoms with Crippen molar-refractivity contribution in [1.82, 2.24) is 10.2 Å². The Hall–Kier alpha value is -1.95. The molecule has 17 heavy (non-hydrogen) atoms. The first-order valence-corrected chi connectivity index (χ1v) is 5.30. The van der Waals surface area contributed by atoms with Gasteiger partial charge in [-0.1, -0.05) is 17.2 Å². The Bertz CT molecular complexity index is 500. The monoisotopic (exact) mass is 236 g/mol. The van der Waals surface area contributed by atoms with Gasteiger partial charge < -0.3 is 10.2 Å². The van der Waals surface area contributed by atoms with Crippen LogP contribution in [0.5, 0.6) is 0 Å². The van der Waals surface area contributed by atoms with Gasteiger partial charge in [-0.05, 0) is 19.1 Å². The first-order chi connectivity index (χ1) is 8.26. The predicted molar refractivity (Wildman–Crippen MR) is 61.3 cm³/mol. The average Bonchev–Trinajstić information content (AvgIpc) is 2.81. The van der Waals surface area contributed by atoms with Crippen LogP contribution in [0.1, 0.15) is 12.8 Å². The summed E-state index contributed by atoms with van der Waals surface area (Å²) in [6, 6.07) is 6.68. The van der Waals surface area contributed by atoms with Gasteiger partial charge >= 0.3 is 6.01 Å². The molecule has 0 atom stereocenters. The van der Waals surface area contributed by atoms with Gasteiger partial charge in [-0.2, -0.15) is 0 Å². The molecule has 0 radical (unpaired) electrons. The number of halogens is 1. The van der Waals surface area contributed by atoms with Gasteiger partial charge in [0.2, 0.25) is 5.89 Å². The van der Waals surface area contributed by atoms with Gasteiger partial charge in [-0.25, -0.2) is 4.39 Å². The lowest BCUT2D eigenvalue weighted by Gasteiger charge is -2.18. The summed E-state index contributed by atoms with van der Waals surface area (Å²) in [4.78, 5) is 1.60. The van der Waals surface area contributed by atoms with Crippen LogP contribution in [0.2, 0.25) is 0 Å². The maximum atomic E-state index is 13.6. The van der Waals surface area contributed by atoms with Crippen LogP contribution < -0.4 is 10.6 Å². The molecule has 0 fully saturated rings. The fourth-order valence-corrected chi connectivity index (χ4v) is 1.52. The van der Waals surface area contributed by atoms with Crippen LogP contribution in [0.15, 0.2) is 28.7 Å². The fourth-order valence-electron chi connectivity index (χ4n) is 1.52. The van der Waals surface area contributed by atoms with Crippen molar-refractivity contribution in [3.8, 4) is 0 Å². The quantitative estimate of drug-likeness (QED) is 0.877. The van der Waals surface area contributed by atoms with Crippen LogP contribution in [-0.4, -0.2) is 16.7 Å². The Balaban J connectivity index is 2.36. The first kappa shape index (κ1) is 11.5. The van der Waals surface area contributed by atoms with Crippen LogP contribution in [0.3, 0.4) is 0 Å². The number of nitrogens with zero attached hydrogens (tertiary/aromatic N) is 3. The van der Waals surface area contributed by atoms with E-state index >= 15 is 0 Å². The summed E-state index contributed by atoms with van der Waals surface area (Å²) < 4.78 is 19.0. The summed E-state index contributed by atoms with van der Waals surface area (Å²) in [5, 5.41) is 7.59. The molecule has 0 amide bonds. The van der Waals surface area contributed by atoms with Gasteiger partial charge in [-0.15, -0.1) is 5.10 Å². The second-order valence-electron chi connectivity index (χ2n) is 3.38. The summed E-state index contributed by atoms with van der Waals surface area (Å²) >= 11 is 0. The van der Waals surface area contributed by atoms with E-state index in [0.29, 0.717) is 18.1 Å². The van der Waals surface area contributed by atoms with E-state index in [4.69, 9.17) is 10.2 Å². The van der Waals surface area contributed by atoms with Crippen molar-refractivity contribution in [3.05, 3.63) is 36.0 Å². The van der Waals surface area contributed by atoms with Crippen molar-refractivity contribution in [2.24, 2.45) is 5.73 Å². The third kappa shape index (κ3) is 2.26. The Kier molecular flexibility index (Phi) is 3.34. The molecule has 1 aromatic heterocycles. The van der Waals surface area contributed by atoms with Crippen LogP contribution in [0, 0.1) is 5.82 Å². The molecular formula is C11H13FN4O. The molecule has 2 N–H and O–H groups in total. The summed E-state index contributed by atoms with van der Waals surface area (Å²) in [5.74, 6) is -0.00311. The molecular weight excluding hydrogens is 223 g/mol. The van der Waals surface area contributed by atoms with Gasteiger partial charge in [0, 0.05) is 6.54 Å². The molecule has 0 aliphatic carbocycles. The molecule has 0 aliphatic heterocycles. The van der Waals surface area contributed by atoms with Crippen LogP contribution in [0.4, 0.5) is 16.1 Å². The third-order valence-electron chi connectivity index (χ3n) is 2.32. The minimum absolute atomic E-state index is 0.168. The van der Waals surface area contributed by atoms with E-state index in [9.17, 15) is 4.39 Å². The Morgan fingerprint density at radius 2 is 2.12 bits per heavy atom. The molecule has 0 aliphatic rings. The van der Waals surface area contributed by atoms with Gasteiger partial charge in [0.25, 0.3) is 0 Å². The summed E-state index contributed by atoms with van der Waals surface area (Å²) in [5.41, 5.74) is 5.79. The van der Waals surface area contributed by atoms with Gasteiger partial charge in [0.05, 0.1) is 12.2 Å². The lowest BCUT2D eigenvalue weighted by molar-refractivity contribution is 0.495. The lowest BCUT2D eigenvalue weighted by atomic mass is 10.3. The second kappa shape index (κ2) is 4.92. The molecule has 1 aromatic carbocycles. The highest BCUT2D eigenvalue weighted by molar-refractivity contribution is 5.56. The van der Waals surface area contributed by atoms with Crippen molar-refractivity contribution in [1.29, 1.82) is 0 Å². The van der Waals surface area contributed by atoms with E-state index in [1.54, 1.807) is 23.1 Å². The van der Waals surface area contributed by atoms with E-state index in [-0.39, 0.29) is 18.4 Å². The Morgan fingerprint density at radius 1 is 1.35 bits per heavy atom. The fraction of sp³-hybridized carbons (Fsp3) is 0.273. The van der Waals surface area contributed by atoms with Crippen LogP contribution in [0.25, 0.3) is 0 Å². The number of aromatic nitrogens is 2. The number of para-hydroxylation sites is 1. The van der Waals surface area contributed by atoms with E-state index in [1.807, 2.05) is 6.92 Å². The maximum Gasteiger partial charge on any atom is 0.322 e. The summed E-state index contributed by atoms with van der Waals surface area (Å²) in [6.07, 6.45) is 0. The van der Waals surface area contributed by atoms with E-state index < -0.39 is 0 Å². The van der Waals surface area contributed by atoms with Gasteiger partial charge in [-0.3, -0.25) is 4.90 Å². The molecule has 0 saturated heterocycles. The Labute approximate surface area is 98.1 Å². The third-order valence-corrected chi connectivity index (χ3v) is 2.32. The number of rotatable bonds is 4. The molecule has 90 valence electrons. The highest BCUT2D eigenvalue weighted by atomic mass is 19.1. The van der Waals surface area contributed by atoms with Crippen LogP contribution in [-0.2, 0) is 6.54 Å². The zero-order chi connectivity index (χ0) is 12.3. The number of nitrogens with two attached hydrogens (primary N) is 1. The SMILES string of the molecule is CCN(c1nnc(CN)o1)c1ccccc1F. The van der Waals surface area contributed by atoms with Crippen molar-refractivity contribution < 1.29 is 8.81 Å². The molecule has 0 saturated carbocycles. The maximum absolute atomic E-state index is 13.6. The topological polar surface area (TPSA) is 68.2 Å². The normalized spacial score (nSPS) is 10.5. The van der Waals surface area contributed by atoms with Gasteiger partial charge in [0.15, 0.2) is 0 Å². The molecule has 1 heterocycles. The molecule has 0 bridgehead atoms. The minimum atomic E-state index is -0.332. The van der Waals surface area contributed by atoms with Crippen molar-refractivity contribution in [2.45, 2.75) is 13.5 Å². The highest BCUT2D eigenvalue weighted by Crippen LogP contribution is 2.26. The van der Waals surface area contributed by atoms with E-state index in [2.05, 4.69) is 10.2 Å². The summed E-state index contributed by atoms with van der Waals surface area (Å²) in [6.45, 7) is 2.56. The van der Waals surface area contributed by atoms with E-state index in [1.165, 1.54) is 6.07 Å². The van der Waals surface area contributed by atoms with Crippen molar-refractivity contribution >= 4 is 11.7 Å². The molecule has 0 unspecified atom stereocenters. The number of hydrogen-bond acceptors (Lipinski definition) is 5. The molecule has 2 rings (SSSR count). The Morgan fingerprint density at radius 3 is 2.71 bits per heavy atom. The zero-order valence-corrected chi connectivity index (χ0v) is 9.43. The number of hydrogen-bond donors (Lipinski definition) is 1. The lowest BCUT2D eigenvalue weighted by Crippen LogP contribution is -2.17. The molecule has 6 heteroatoms. The second-order valence-corrected chi connectivity index (χ2v) is 3.38. The largest absolute Gasteiger partial charge is 0.406 e. The van der Waals surface area contributed by atoms with E-state index in [0.717, 1.165) is 0 Å². The average molecular weight is 236 g/mol. The summed E-state index contributed by atoms with van der Waals surface area (Å²) in [7, 11) is 0. The first-order valence-electron chi connectivity index (χ1n) is 5.30. The van der Waals surface area contributed by atoms with Crippen molar-refractivity contribution in [2.75, 3.05) is 11.4 Å². The predicted octanol–water partition coefficient (Wildman–Crippen LogP) is 1.83. The van der Waals surface area contributed by atoms with Crippen molar-refractivity contribution in [3.63, 3.8) is 0 Å². The molecule has 5 nitrogen and oxygen atoms in total. The number of anilines is 2. The zero-order valence-electron chi connectivity index (χ0n) is 9.43. The van der Waals surface area contributed by atoms with Gasteiger partial charge in [0.1, 0.15) is 5.82 Å². The standard InChI is InChI=1S/C11H13FN4O/c1-2-16(9-6-4-3-5-8(9)12)11-15-14-10(7-13)17-11/h3-6H,2,7,13H2,1H3. The van der Waals surface area contributed by atoms with Crippen LogP contribution >= 0.6 is 0 Å². The molecule has 2 aromatic rings. The smallest absolute Gasteiger partial charge is 0.322 e. The highest BCUT2D eigenvalue weighted by Gasteiger charge is 2.17.